The van der Waals surface area contributed by atoms with E-state index in [-0.39, 0.29) is 12.5 Å². The third-order valence-electron chi connectivity index (χ3n) is 6.12. The second-order valence-corrected chi connectivity index (χ2v) is 11.4. The van der Waals surface area contributed by atoms with Gasteiger partial charge in [0.25, 0.3) is 5.91 Å². The first kappa shape index (κ1) is 23.9. The summed E-state index contributed by atoms with van der Waals surface area (Å²) in [5.74, 6) is 0.695. The second-order valence-electron chi connectivity index (χ2n) is 9.03. The zero-order valence-electron chi connectivity index (χ0n) is 19.0. The van der Waals surface area contributed by atoms with Gasteiger partial charge in [-0.15, -0.1) is 0 Å². The normalized spacial score (nSPS) is 21.2. The van der Waals surface area contributed by atoms with E-state index in [1.54, 1.807) is 12.1 Å². The van der Waals surface area contributed by atoms with Crippen molar-refractivity contribution in [2.24, 2.45) is 5.92 Å². The number of piperidine rings is 1. The molecule has 1 saturated heterocycles. The number of anilines is 1. The third-order valence-corrected chi connectivity index (χ3v) is 7.50. The van der Waals surface area contributed by atoms with E-state index in [0.717, 1.165) is 41.7 Å². The van der Waals surface area contributed by atoms with Crippen molar-refractivity contribution in [1.29, 1.82) is 0 Å². The van der Waals surface area contributed by atoms with E-state index in [0.29, 0.717) is 23.0 Å². The maximum absolute atomic E-state index is 12.8. The number of ether oxygens (including phenoxy) is 1. The minimum absolute atomic E-state index is 0.106. The Morgan fingerprint density at radius 1 is 1.15 bits per heavy atom. The predicted molar refractivity (Wildman–Crippen MR) is 130 cm³/mol. The van der Waals surface area contributed by atoms with Gasteiger partial charge in [-0.2, -0.15) is 0 Å². The Morgan fingerprint density at radius 3 is 2.58 bits per heavy atom. The summed E-state index contributed by atoms with van der Waals surface area (Å²) < 4.78 is 31.5. The van der Waals surface area contributed by atoms with Crippen LogP contribution in [0, 0.1) is 5.92 Å². The minimum Gasteiger partial charge on any atom is -0.476 e. The second kappa shape index (κ2) is 9.91. The number of sulfonamides is 1. The van der Waals surface area contributed by atoms with Crippen molar-refractivity contribution >= 4 is 33.2 Å². The molecule has 0 radical (unpaired) electrons. The first-order valence-corrected chi connectivity index (χ1v) is 13.4. The maximum atomic E-state index is 12.8. The molecule has 2 atom stereocenters. The Morgan fingerprint density at radius 2 is 1.88 bits per heavy atom. The number of nitrogens with zero attached hydrogens (tertiary/aromatic N) is 2. The monoisotopic (exact) mass is 491 g/mol. The SMILES string of the molecule is CC1CCCN(Cc2ccc(CNC(=O)C3CN(S(C)(=O)=O)c4cc(Cl)ccc4O3)cc2)C1. The van der Waals surface area contributed by atoms with E-state index in [9.17, 15) is 13.2 Å². The van der Waals surface area contributed by atoms with Crippen LogP contribution in [0.15, 0.2) is 42.5 Å². The molecule has 2 aliphatic rings. The van der Waals surface area contributed by atoms with Crippen LogP contribution < -0.4 is 14.4 Å². The number of halogens is 1. The lowest BCUT2D eigenvalue weighted by atomic mass is 9.99. The van der Waals surface area contributed by atoms with Gasteiger partial charge in [0.05, 0.1) is 18.5 Å². The van der Waals surface area contributed by atoms with Gasteiger partial charge in [-0.05, 0) is 54.6 Å². The summed E-state index contributed by atoms with van der Waals surface area (Å²) >= 11 is 6.02. The van der Waals surface area contributed by atoms with Crippen LogP contribution in [0.4, 0.5) is 5.69 Å². The molecule has 0 saturated carbocycles. The van der Waals surface area contributed by atoms with Crippen molar-refractivity contribution in [3.63, 3.8) is 0 Å². The van der Waals surface area contributed by atoms with Crippen LogP contribution in [0.3, 0.4) is 0 Å². The van der Waals surface area contributed by atoms with Gasteiger partial charge in [0.2, 0.25) is 10.0 Å². The molecule has 2 heterocycles. The molecular weight excluding hydrogens is 462 g/mol. The fourth-order valence-electron chi connectivity index (χ4n) is 4.43. The first-order valence-electron chi connectivity index (χ1n) is 11.2. The van der Waals surface area contributed by atoms with E-state index in [4.69, 9.17) is 16.3 Å². The van der Waals surface area contributed by atoms with Crippen LogP contribution in [0.25, 0.3) is 0 Å². The topological polar surface area (TPSA) is 79.0 Å². The standard InChI is InChI=1S/C24H30ClN3O4S/c1-17-4-3-11-27(14-17)15-19-7-5-18(6-8-19)13-26-24(29)23-16-28(33(2,30)31)21-12-20(25)9-10-22(21)32-23/h5-10,12,17,23H,3-4,11,13-16H2,1-2H3,(H,26,29). The lowest BCUT2D eigenvalue weighted by Gasteiger charge is -2.34. The van der Waals surface area contributed by atoms with Crippen molar-refractivity contribution in [3.05, 3.63) is 58.6 Å². The number of nitrogens with one attached hydrogen (secondary N) is 1. The van der Waals surface area contributed by atoms with Crippen molar-refractivity contribution in [2.75, 3.05) is 30.2 Å². The summed E-state index contributed by atoms with van der Waals surface area (Å²) in [5, 5.41) is 3.26. The highest BCUT2D eigenvalue weighted by Crippen LogP contribution is 2.37. The molecule has 33 heavy (non-hydrogen) atoms. The fourth-order valence-corrected chi connectivity index (χ4v) is 5.50. The molecule has 4 rings (SSSR count). The van der Waals surface area contributed by atoms with Gasteiger partial charge in [-0.3, -0.25) is 14.0 Å². The number of hydrogen-bond acceptors (Lipinski definition) is 5. The maximum Gasteiger partial charge on any atom is 0.263 e. The molecule has 2 aromatic carbocycles. The average molecular weight is 492 g/mol. The quantitative estimate of drug-likeness (QED) is 0.670. The van der Waals surface area contributed by atoms with Crippen molar-refractivity contribution in [2.45, 2.75) is 39.0 Å². The smallest absolute Gasteiger partial charge is 0.263 e. The van der Waals surface area contributed by atoms with Gasteiger partial charge in [-0.1, -0.05) is 42.8 Å². The van der Waals surface area contributed by atoms with E-state index in [2.05, 4.69) is 29.3 Å². The molecule has 2 aliphatic heterocycles. The molecule has 0 aliphatic carbocycles. The minimum atomic E-state index is -3.60. The molecule has 7 nitrogen and oxygen atoms in total. The largest absolute Gasteiger partial charge is 0.476 e. The Hall–Kier alpha value is -2.29. The van der Waals surface area contributed by atoms with E-state index in [1.807, 2.05) is 12.1 Å². The summed E-state index contributed by atoms with van der Waals surface area (Å²) in [5.41, 5.74) is 2.57. The lowest BCUT2D eigenvalue weighted by Crippen LogP contribution is -2.50. The molecule has 2 aromatic rings. The van der Waals surface area contributed by atoms with Crippen LogP contribution in [-0.4, -0.2) is 51.2 Å². The zero-order valence-corrected chi connectivity index (χ0v) is 20.5. The Balaban J connectivity index is 1.36. The Labute approximate surface area is 200 Å². The first-order chi connectivity index (χ1) is 15.7. The highest BCUT2D eigenvalue weighted by Gasteiger charge is 2.35. The molecule has 1 amide bonds. The van der Waals surface area contributed by atoms with E-state index in [1.165, 1.54) is 24.5 Å². The predicted octanol–water partition coefficient (Wildman–Crippen LogP) is 3.42. The highest BCUT2D eigenvalue weighted by atomic mass is 35.5. The molecule has 2 unspecified atom stereocenters. The molecule has 0 spiro atoms. The van der Waals surface area contributed by atoms with Gasteiger partial charge in [-0.25, -0.2) is 8.42 Å². The molecule has 1 fully saturated rings. The highest BCUT2D eigenvalue weighted by molar-refractivity contribution is 7.92. The number of amides is 1. The molecule has 178 valence electrons. The van der Waals surface area contributed by atoms with Gasteiger partial charge >= 0.3 is 0 Å². The van der Waals surface area contributed by atoms with Gasteiger partial charge in [0.15, 0.2) is 6.10 Å². The fraction of sp³-hybridized carbons (Fsp3) is 0.458. The summed E-state index contributed by atoms with van der Waals surface area (Å²) in [7, 11) is -3.60. The summed E-state index contributed by atoms with van der Waals surface area (Å²) in [6.07, 6.45) is 2.71. The summed E-state index contributed by atoms with van der Waals surface area (Å²) in [6, 6.07) is 12.9. The molecule has 1 N–H and O–H groups in total. The van der Waals surface area contributed by atoms with Crippen LogP contribution in [0.1, 0.15) is 30.9 Å². The lowest BCUT2D eigenvalue weighted by molar-refractivity contribution is -0.127. The number of fused-ring (bicyclic) bond motifs is 1. The van der Waals surface area contributed by atoms with Gasteiger partial charge in [0, 0.05) is 24.7 Å². The number of benzene rings is 2. The van der Waals surface area contributed by atoms with Crippen molar-refractivity contribution in [3.8, 4) is 5.75 Å². The van der Waals surface area contributed by atoms with Crippen molar-refractivity contribution in [1.82, 2.24) is 10.2 Å². The summed E-state index contributed by atoms with van der Waals surface area (Å²) in [6.45, 7) is 5.76. The summed E-state index contributed by atoms with van der Waals surface area (Å²) in [4.78, 5) is 15.3. The van der Waals surface area contributed by atoms with E-state index >= 15 is 0 Å². The Bertz CT molecular complexity index is 1110. The molecule has 9 heteroatoms. The number of rotatable bonds is 6. The number of likely N-dealkylation sites (tertiary alicyclic amines) is 1. The van der Waals surface area contributed by atoms with Crippen LogP contribution in [0.2, 0.25) is 5.02 Å². The average Bonchev–Trinajstić information content (AvgIpc) is 2.77. The molecular formula is C24H30ClN3O4S. The Kier molecular flexibility index (Phi) is 7.16. The van der Waals surface area contributed by atoms with Crippen LogP contribution in [-0.2, 0) is 27.9 Å². The van der Waals surface area contributed by atoms with E-state index < -0.39 is 16.1 Å². The number of carbonyl (C=O) groups is 1. The van der Waals surface area contributed by atoms with Gasteiger partial charge < -0.3 is 10.1 Å². The van der Waals surface area contributed by atoms with Crippen LogP contribution in [0.5, 0.6) is 5.75 Å². The number of carbonyl (C=O) groups excluding carboxylic acids is 1. The van der Waals surface area contributed by atoms with Gasteiger partial charge in [0.1, 0.15) is 5.75 Å². The van der Waals surface area contributed by atoms with Crippen molar-refractivity contribution < 1.29 is 17.9 Å². The third kappa shape index (κ3) is 5.99. The van der Waals surface area contributed by atoms with Crippen LogP contribution >= 0.6 is 11.6 Å². The molecule has 0 bridgehead atoms. The number of hydrogen-bond donors (Lipinski definition) is 1. The molecule has 0 aromatic heterocycles. The zero-order chi connectivity index (χ0) is 23.6.